The molecule has 0 fully saturated rings. The van der Waals surface area contributed by atoms with E-state index < -0.39 is 27.6 Å². The van der Waals surface area contributed by atoms with E-state index >= 15 is 0 Å². The van der Waals surface area contributed by atoms with Crippen molar-refractivity contribution in [3.8, 4) is 0 Å². The summed E-state index contributed by atoms with van der Waals surface area (Å²) in [4.78, 5) is 22.8. The first-order valence-corrected chi connectivity index (χ1v) is 10.1. The molecule has 0 radical (unpaired) electrons. The average molecular weight is 401 g/mol. The predicted molar refractivity (Wildman–Crippen MR) is 99.1 cm³/mol. The molecule has 0 aliphatic rings. The lowest BCUT2D eigenvalue weighted by Gasteiger charge is -2.28. The number of nitrogens with one attached hydrogen (secondary N) is 1. The monoisotopic (exact) mass is 401 g/mol. The SMILES string of the molecule is CC(=O)NCCCS(=O)(=O)OCC(C)(C)C(O)C(=O)OCc1ccccc1. The van der Waals surface area contributed by atoms with Crippen LogP contribution < -0.4 is 5.32 Å². The number of ether oxygens (including phenoxy) is 1. The van der Waals surface area contributed by atoms with Crippen LogP contribution in [0.25, 0.3) is 0 Å². The minimum atomic E-state index is -3.84. The summed E-state index contributed by atoms with van der Waals surface area (Å²) in [5.74, 6) is -1.38. The first kappa shape index (κ1) is 23.1. The van der Waals surface area contributed by atoms with Gasteiger partial charge in [0.25, 0.3) is 10.1 Å². The van der Waals surface area contributed by atoms with Gasteiger partial charge in [0.05, 0.1) is 12.4 Å². The summed E-state index contributed by atoms with van der Waals surface area (Å²) in [6.07, 6.45) is -1.35. The van der Waals surface area contributed by atoms with Crippen molar-refractivity contribution in [2.75, 3.05) is 18.9 Å². The van der Waals surface area contributed by atoms with E-state index in [4.69, 9.17) is 8.92 Å². The van der Waals surface area contributed by atoms with Crippen molar-refractivity contribution < 1.29 is 32.0 Å². The van der Waals surface area contributed by atoms with Crippen LogP contribution in [0.1, 0.15) is 32.8 Å². The van der Waals surface area contributed by atoms with Gasteiger partial charge < -0.3 is 15.2 Å². The summed E-state index contributed by atoms with van der Waals surface area (Å²) in [5.41, 5.74) is -0.396. The third-order valence-electron chi connectivity index (χ3n) is 3.74. The number of hydrogen-bond acceptors (Lipinski definition) is 7. The Morgan fingerprint density at radius 2 is 1.85 bits per heavy atom. The van der Waals surface area contributed by atoms with Gasteiger partial charge in [-0.25, -0.2) is 4.79 Å². The molecule has 1 atom stereocenters. The third-order valence-corrected chi connectivity index (χ3v) is 5.01. The van der Waals surface area contributed by atoms with Crippen LogP contribution in [0.2, 0.25) is 0 Å². The number of carbonyl (C=O) groups excluding carboxylic acids is 2. The minimum Gasteiger partial charge on any atom is -0.459 e. The summed E-state index contributed by atoms with van der Waals surface area (Å²) < 4.78 is 33.8. The first-order valence-electron chi connectivity index (χ1n) is 8.54. The Balaban J connectivity index is 2.47. The molecule has 0 aromatic heterocycles. The van der Waals surface area contributed by atoms with Crippen LogP contribution in [0.15, 0.2) is 30.3 Å². The second-order valence-electron chi connectivity index (χ2n) is 6.84. The highest BCUT2D eigenvalue weighted by Crippen LogP contribution is 2.23. The molecule has 1 rings (SSSR count). The van der Waals surface area contributed by atoms with Gasteiger partial charge >= 0.3 is 5.97 Å². The Hall–Kier alpha value is -1.97. The summed E-state index contributed by atoms with van der Waals surface area (Å²) in [7, 11) is -3.84. The Morgan fingerprint density at radius 3 is 2.44 bits per heavy atom. The molecule has 9 heteroatoms. The van der Waals surface area contributed by atoms with E-state index in [1.807, 2.05) is 6.07 Å². The van der Waals surface area contributed by atoms with Crippen molar-refractivity contribution in [1.82, 2.24) is 5.32 Å². The Bertz CT molecular complexity index is 716. The fourth-order valence-corrected chi connectivity index (χ4v) is 3.12. The van der Waals surface area contributed by atoms with Crippen molar-refractivity contribution in [1.29, 1.82) is 0 Å². The topological polar surface area (TPSA) is 119 Å². The number of hydrogen-bond donors (Lipinski definition) is 2. The second-order valence-corrected chi connectivity index (χ2v) is 8.60. The molecule has 0 saturated carbocycles. The minimum absolute atomic E-state index is 0.00905. The molecule has 0 aliphatic carbocycles. The Kier molecular flexibility index (Phi) is 8.87. The molecule has 8 nitrogen and oxygen atoms in total. The zero-order valence-electron chi connectivity index (χ0n) is 15.8. The number of aliphatic hydroxyl groups is 1. The van der Waals surface area contributed by atoms with E-state index in [0.717, 1.165) is 5.56 Å². The van der Waals surface area contributed by atoms with Gasteiger partial charge in [-0.1, -0.05) is 44.2 Å². The smallest absolute Gasteiger partial charge is 0.335 e. The van der Waals surface area contributed by atoms with Crippen LogP contribution in [0, 0.1) is 5.41 Å². The van der Waals surface area contributed by atoms with Crippen LogP contribution in [-0.2, 0) is 35.2 Å². The molecule has 152 valence electrons. The maximum Gasteiger partial charge on any atom is 0.335 e. The van der Waals surface area contributed by atoms with Crippen LogP contribution in [0.5, 0.6) is 0 Å². The molecule has 1 amide bonds. The van der Waals surface area contributed by atoms with E-state index in [9.17, 15) is 23.1 Å². The number of amides is 1. The maximum absolute atomic E-state index is 12.0. The third kappa shape index (κ3) is 8.98. The molecule has 0 heterocycles. The lowest BCUT2D eigenvalue weighted by atomic mass is 9.88. The molecule has 1 aromatic carbocycles. The maximum atomic E-state index is 12.0. The molecule has 0 aliphatic heterocycles. The molecule has 2 N–H and O–H groups in total. The van der Waals surface area contributed by atoms with Crippen LogP contribution >= 0.6 is 0 Å². The van der Waals surface area contributed by atoms with Gasteiger partial charge in [0, 0.05) is 18.9 Å². The van der Waals surface area contributed by atoms with E-state index in [-0.39, 0.29) is 37.8 Å². The van der Waals surface area contributed by atoms with Gasteiger partial charge in [0.1, 0.15) is 6.61 Å². The van der Waals surface area contributed by atoms with Gasteiger partial charge in [-0.05, 0) is 12.0 Å². The first-order chi connectivity index (χ1) is 12.5. The van der Waals surface area contributed by atoms with Crippen LogP contribution in [0.4, 0.5) is 0 Å². The molecule has 0 spiro atoms. The lowest BCUT2D eigenvalue weighted by Crippen LogP contribution is -2.41. The van der Waals surface area contributed by atoms with E-state index in [1.165, 1.54) is 20.8 Å². The number of rotatable bonds is 11. The molecule has 1 unspecified atom stereocenters. The molecule has 27 heavy (non-hydrogen) atoms. The average Bonchev–Trinajstić information content (AvgIpc) is 2.62. The van der Waals surface area contributed by atoms with Crippen molar-refractivity contribution in [2.45, 2.75) is 39.9 Å². The lowest BCUT2D eigenvalue weighted by molar-refractivity contribution is -0.162. The van der Waals surface area contributed by atoms with Crippen LogP contribution in [-0.4, -0.2) is 50.4 Å². The van der Waals surface area contributed by atoms with Crippen molar-refractivity contribution in [3.05, 3.63) is 35.9 Å². The summed E-state index contributed by atoms with van der Waals surface area (Å²) in [5, 5.41) is 12.7. The molecule has 1 aromatic rings. The quantitative estimate of drug-likeness (QED) is 0.322. The Morgan fingerprint density at radius 1 is 1.22 bits per heavy atom. The summed E-state index contributed by atoms with van der Waals surface area (Å²) >= 11 is 0. The van der Waals surface area contributed by atoms with Gasteiger partial charge in [0.15, 0.2) is 6.10 Å². The second kappa shape index (κ2) is 10.4. The number of aliphatic hydroxyl groups excluding tert-OH is 1. The number of esters is 1. The van der Waals surface area contributed by atoms with Gasteiger partial charge in [-0.15, -0.1) is 0 Å². The summed E-state index contributed by atoms with van der Waals surface area (Å²) in [6.45, 7) is 4.20. The highest BCUT2D eigenvalue weighted by atomic mass is 32.2. The predicted octanol–water partition coefficient (Wildman–Crippen LogP) is 0.990. The zero-order valence-corrected chi connectivity index (χ0v) is 16.6. The van der Waals surface area contributed by atoms with Crippen molar-refractivity contribution in [3.63, 3.8) is 0 Å². The van der Waals surface area contributed by atoms with Crippen molar-refractivity contribution in [2.24, 2.45) is 5.41 Å². The van der Waals surface area contributed by atoms with Crippen LogP contribution in [0.3, 0.4) is 0 Å². The van der Waals surface area contributed by atoms with Crippen molar-refractivity contribution >= 4 is 22.0 Å². The Labute approximate surface area is 160 Å². The van der Waals surface area contributed by atoms with E-state index in [0.29, 0.717) is 0 Å². The highest BCUT2D eigenvalue weighted by Gasteiger charge is 2.36. The van der Waals surface area contributed by atoms with Gasteiger partial charge in [-0.2, -0.15) is 8.42 Å². The molecular formula is C18H27NO7S. The fraction of sp³-hybridized carbons (Fsp3) is 0.556. The molecule has 0 saturated heterocycles. The largest absolute Gasteiger partial charge is 0.459 e. The number of benzene rings is 1. The standard InChI is InChI=1S/C18H27NO7S/c1-14(20)19-10-7-11-27(23,24)26-13-18(2,3)16(21)17(22)25-12-15-8-5-4-6-9-15/h4-6,8-9,16,21H,7,10-13H2,1-3H3,(H,19,20). The van der Waals surface area contributed by atoms with Gasteiger partial charge in [-0.3, -0.25) is 8.98 Å². The molecular weight excluding hydrogens is 374 g/mol. The highest BCUT2D eigenvalue weighted by molar-refractivity contribution is 7.86. The fourth-order valence-electron chi connectivity index (χ4n) is 2.02. The van der Waals surface area contributed by atoms with E-state index in [2.05, 4.69) is 5.32 Å². The number of carbonyl (C=O) groups is 2. The molecule has 0 bridgehead atoms. The van der Waals surface area contributed by atoms with Gasteiger partial charge in [0.2, 0.25) is 5.91 Å². The normalized spacial score (nSPS) is 13.0. The zero-order chi connectivity index (χ0) is 20.5. The summed E-state index contributed by atoms with van der Waals surface area (Å²) in [6, 6.07) is 8.99. The van der Waals surface area contributed by atoms with E-state index in [1.54, 1.807) is 24.3 Å².